The highest BCUT2D eigenvalue weighted by Crippen LogP contribution is 2.22. The summed E-state index contributed by atoms with van der Waals surface area (Å²) in [5.74, 6) is -0.849. The predicted molar refractivity (Wildman–Crippen MR) is 78.2 cm³/mol. The van der Waals surface area contributed by atoms with Crippen molar-refractivity contribution in [3.05, 3.63) is 40.2 Å². The van der Waals surface area contributed by atoms with Gasteiger partial charge in [-0.3, -0.25) is 0 Å². The Morgan fingerprint density at radius 1 is 1.30 bits per heavy atom. The minimum Gasteiger partial charge on any atom is -0.482 e. The van der Waals surface area contributed by atoms with Crippen molar-refractivity contribution in [3.8, 4) is 5.75 Å². The van der Waals surface area contributed by atoms with Crippen molar-refractivity contribution in [2.45, 2.75) is 19.4 Å². The van der Waals surface area contributed by atoms with Gasteiger partial charge in [0.1, 0.15) is 11.3 Å². The van der Waals surface area contributed by atoms with Crippen LogP contribution in [0, 0.1) is 6.92 Å². The van der Waals surface area contributed by atoms with Gasteiger partial charge in [-0.1, -0.05) is 0 Å². The van der Waals surface area contributed by atoms with Crippen LogP contribution in [0.1, 0.15) is 12.0 Å². The molecule has 23 heavy (non-hydrogen) atoms. The minimum atomic E-state index is -0.858. The van der Waals surface area contributed by atoms with E-state index >= 15 is 0 Å². The summed E-state index contributed by atoms with van der Waals surface area (Å²) >= 11 is 0. The maximum absolute atomic E-state index is 11.7. The second-order valence-corrected chi connectivity index (χ2v) is 5.13. The Bertz CT molecular complexity index is 821. The van der Waals surface area contributed by atoms with E-state index in [0.29, 0.717) is 17.8 Å². The Hall–Kier alpha value is -2.83. The van der Waals surface area contributed by atoms with Crippen molar-refractivity contribution >= 4 is 22.9 Å². The van der Waals surface area contributed by atoms with E-state index in [-0.39, 0.29) is 13.2 Å². The second kappa shape index (κ2) is 6.12. The lowest BCUT2D eigenvalue weighted by Crippen LogP contribution is -2.26. The first-order chi connectivity index (χ1) is 11.0. The van der Waals surface area contributed by atoms with Gasteiger partial charge in [0.05, 0.1) is 6.61 Å². The van der Waals surface area contributed by atoms with Gasteiger partial charge in [-0.05, 0) is 24.6 Å². The molecule has 0 spiro atoms. The molecule has 0 saturated carbocycles. The van der Waals surface area contributed by atoms with Crippen molar-refractivity contribution in [1.29, 1.82) is 0 Å². The molecule has 1 aromatic heterocycles. The monoisotopic (exact) mass is 318 g/mol. The number of cyclic esters (lactones) is 1. The summed E-state index contributed by atoms with van der Waals surface area (Å²) in [5, 5.41) is 0.785. The lowest BCUT2D eigenvalue weighted by atomic mass is 10.1. The molecule has 0 bridgehead atoms. The number of hydrogen-bond donors (Lipinski definition) is 0. The van der Waals surface area contributed by atoms with Gasteiger partial charge in [0, 0.05) is 23.9 Å². The molecule has 1 fully saturated rings. The van der Waals surface area contributed by atoms with Gasteiger partial charge >= 0.3 is 17.6 Å². The molecule has 1 atom stereocenters. The molecule has 2 aromatic rings. The maximum Gasteiger partial charge on any atom is 0.347 e. The highest BCUT2D eigenvalue weighted by atomic mass is 16.6. The molecule has 2 heterocycles. The zero-order valence-electron chi connectivity index (χ0n) is 12.4. The SMILES string of the molecule is Cc1cc(=O)oc2cc(OCC(=O)O[C@@H]3CCOC3=O)ccc12. The molecule has 1 saturated heterocycles. The van der Waals surface area contributed by atoms with Crippen molar-refractivity contribution in [2.24, 2.45) is 0 Å². The van der Waals surface area contributed by atoms with E-state index in [1.165, 1.54) is 12.1 Å². The number of fused-ring (bicyclic) bond motifs is 1. The van der Waals surface area contributed by atoms with Crippen LogP contribution >= 0.6 is 0 Å². The van der Waals surface area contributed by atoms with E-state index in [1.807, 2.05) is 0 Å². The fraction of sp³-hybridized carbons (Fsp3) is 0.312. The van der Waals surface area contributed by atoms with Crippen molar-refractivity contribution in [3.63, 3.8) is 0 Å². The third-order valence-corrected chi connectivity index (χ3v) is 3.44. The molecule has 7 nitrogen and oxygen atoms in total. The number of carbonyl (C=O) groups excluding carboxylic acids is 2. The molecule has 7 heteroatoms. The molecule has 1 aliphatic rings. The molecular formula is C16H14O7. The summed E-state index contributed by atoms with van der Waals surface area (Å²) in [6.07, 6.45) is -0.506. The van der Waals surface area contributed by atoms with Crippen LogP contribution in [0.2, 0.25) is 0 Å². The number of rotatable bonds is 4. The van der Waals surface area contributed by atoms with Crippen LogP contribution in [0.15, 0.2) is 33.5 Å². The Balaban J connectivity index is 1.66. The van der Waals surface area contributed by atoms with Crippen LogP contribution in [0.4, 0.5) is 0 Å². The normalized spacial score (nSPS) is 17.1. The lowest BCUT2D eigenvalue weighted by molar-refractivity contribution is -0.161. The van der Waals surface area contributed by atoms with E-state index < -0.39 is 23.7 Å². The zero-order chi connectivity index (χ0) is 16.4. The summed E-state index contributed by atoms with van der Waals surface area (Å²) in [7, 11) is 0. The van der Waals surface area contributed by atoms with Gasteiger partial charge in [-0.25, -0.2) is 14.4 Å². The molecule has 0 aliphatic carbocycles. The average Bonchev–Trinajstić information content (AvgIpc) is 2.90. The van der Waals surface area contributed by atoms with Crippen LogP contribution in [-0.2, 0) is 19.1 Å². The van der Waals surface area contributed by atoms with Crippen LogP contribution in [0.5, 0.6) is 5.75 Å². The summed E-state index contributed by atoms with van der Waals surface area (Å²) in [6.45, 7) is 1.70. The predicted octanol–water partition coefficient (Wildman–Crippen LogP) is 1.34. The quantitative estimate of drug-likeness (QED) is 0.620. The largest absolute Gasteiger partial charge is 0.482 e. The number of benzene rings is 1. The maximum atomic E-state index is 11.7. The standard InChI is InChI=1S/C16H14O7/c1-9-6-14(17)23-13-7-10(2-3-11(9)13)21-8-15(18)22-12-4-5-20-16(12)19/h2-3,6-7,12H,4-5,8H2,1H3/t12-/m1/s1. The molecule has 0 radical (unpaired) electrons. The summed E-state index contributed by atoms with van der Waals surface area (Å²) in [4.78, 5) is 34.3. The molecule has 1 aliphatic heterocycles. The first-order valence-corrected chi connectivity index (χ1v) is 7.06. The van der Waals surface area contributed by atoms with Crippen molar-refractivity contribution in [1.82, 2.24) is 0 Å². The average molecular weight is 318 g/mol. The van der Waals surface area contributed by atoms with E-state index in [4.69, 9.17) is 18.6 Å². The third-order valence-electron chi connectivity index (χ3n) is 3.44. The van der Waals surface area contributed by atoms with Gasteiger partial charge < -0.3 is 18.6 Å². The molecule has 0 amide bonds. The Kier molecular flexibility index (Phi) is 4.01. The molecular weight excluding hydrogens is 304 g/mol. The first-order valence-electron chi connectivity index (χ1n) is 7.06. The van der Waals surface area contributed by atoms with Crippen LogP contribution in [0.3, 0.4) is 0 Å². The third kappa shape index (κ3) is 3.33. The number of ether oxygens (including phenoxy) is 3. The van der Waals surface area contributed by atoms with Crippen molar-refractivity contribution < 1.29 is 28.2 Å². The molecule has 1 aromatic carbocycles. The van der Waals surface area contributed by atoms with E-state index in [1.54, 1.807) is 19.1 Å². The fourth-order valence-corrected chi connectivity index (χ4v) is 2.31. The molecule has 120 valence electrons. The number of carbonyl (C=O) groups is 2. The Labute approximate surface area is 130 Å². The number of aryl methyl sites for hydroxylation is 1. The van der Waals surface area contributed by atoms with Gasteiger partial charge in [0.25, 0.3) is 0 Å². The minimum absolute atomic E-state index is 0.251. The van der Waals surface area contributed by atoms with E-state index in [9.17, 15) is 14.4 Å². The lowest BCUT2D eigenvalue weighted by Gasteiger charge is -2.10. The van der Waals surface area contributed by atoms with Gasteiger partial charge in [0.15, 0.2) is 6.61 Å². The highest BCUT2D eigenvalue weighted by Gasteiger charge is 2.30. The number of esters is 2. The van der Waals surface area contributed by atoms with Crippen LogP contribution in [-0.4, -0.2) is 31.3 Å². The fourth-order valence-electron chi connectivity index (χ4n) is 2.31. The highest BCUT2D eigenvalue weighted by molar-refractivity contribution is 5.82. The van der Waals surface area contributed by atoms with Gasteiger partial charge in [0.2, 0.25) is 6.10 Å². The molecule has 3 rings (SSSR count). The van der Waals surface area contributed by atoms with Crippen LogP contribution < -0.4 is 10.4 Å². The summed E-state index contributed by atoms with van der Waals surface area (Å²) < 4.78 is 20.1. The van der Waals surface area contributed by atoms with Crippen LogP contribution in [0.25, 0.3) is 11.0 Å². The summed E-state index contributed by atoms with van der Waals surface area (Å²) in [5.41, 5.74) is 0.716. The summed E-state index contributed by atoms with van der Waals surface area (Å²) in [6, 6.07) is 6.33. The Morgan fingerprint density at radius 2 is 2.13 bits per heavy atom. The molecule has 0 N–H and O–H groups in total. The first kappa shape index (κ1) is 15.1. The van der Waals surface area contributed by atoms with E-state index in [0.717, 1.165) is 10.9 Å². The Morgan fingerprint density at radius 3 is 2.87 bits per heavy atom. The van der Waals surface area contributed by atoms with Crippen molar-refractivity contribution in [2.75, 3.05) is 13.2 Å². The molecule has 0 unspecified atom stereocenters. The van der Waals surface area contributed by atoms with E-state index in [2.05, 4.69) is 0 Å². The number of hydrogen-bond acceptors (Lipinski definition) is 7. The van der Waals surface area contributed by atoms with Gasteiger partial charge in [-0.15, -0.1) is 0 Å². The zero-order valence-corrected chi connectivity index (χ0v) is 12.4. The second-order valence-electron chi connectivity index (χ2n) is 5.13. The smallest absolute Gasteiger partial charge is 0.347 e. The topological polar surface area (TPSA) is 92.0 Å². The van der Waals surface area contributed by atoms with Gasteiger partial charge in [-0.2, -0.15) is 0 Å².